The van der Waals surface area contributed by atoms with E-state index in [0.29, 0.717) is 12.4 Å². The fourth-order valence-electron chi connectivity index (χ4n) is 3.49. The van der Waals surface area contributed by atoms with Crippen LogP contribution in [0.5, 0.6) is 0 Å². The predicted molar refractivity (Wildman–Crippen MR) is 118 cm³/mol. The Morgan fingerprint density at radius 3 is 2.71 bits per heavy atom. The number of ether oxygens (including phenoxy) is 1. The van der Waals surface area contributed by atoms with Crippen molar-refractivity contribution < 1.29 is 9.53 Å². The van der Waals surface area contributed by atoms with Gasteiger partial charge in [-0.2, -0.15) is 0 Å². The number of nitrogen functional groups attached to an aromatic ring is 1. The summed E-state index contributed by atoms with van der Waals surface area (Å²) in [6.45, 7) is 3.86. The third-order valence-corrected chi connectivity index (χ3v) is 5.29. The summed E-state index contributed by atoms with van der Waals surface area (Å²) in [5.74, 6) is -0.344. The van der Waals surface area contributed by atoms with E-state index in [9.17, 15) is 14.4 Å². The van der Waals surface area contributed by atoms with E-state index in [0.717, 1.165) is 30.8 Å². The highest BCUT2D eigenvalue weighted by Crippen LogP contribution is 2.24. The number of aromatic amines is 1. The van der Waals surface area contributed by atoms with Gasteiger partial charge in [-0.1, -0.05) is 18.5 Å². The number of hydrogen-bond donors (Lipinski definition) is 2. The lowest BCUT2D eigenvalue weighted by molar-refractivity contribution is 0.0971. The van der Waals surface area contributed by atoms with Crippen LogP contribution in [0.1, 0.15) is 36.7 Å². The zero-order valence-electron chi connectivity index (χ0n) is 17.6. The van der Waals surface area contributed by atoms with Crippen LogP contribution in [0.2, 0.25) is 5.02 Å². The molecule has 0 unspecified atom stereocenters. The molecule has 11 nitrogen and oxygen atoms in total. The van der Waals surface area contributed by atoms with Crippen LogP contribution in [0.3, 0.4) is 0 Å². The molecule has 0 radical (unpaired) electrons. The average Bonchev–Trinajstić information content (AvgIpc) is 3.28. The summed E-state index contributed by atoms with van der Waals surface area (Å²) < 4.78 is 6.33. The fraction of sp³-hybridized carbons (Fsp3) is 0.526. The van der Waals surface area contributed by atoms with Crippen LogP contribution in [-0.4, -0.2) is 58.8 Å². The first-order chi connectivity index (χ1) is 14.9. The topological polar surface area (TPSA) is 139 Å². The van der Waals surface area contributed by atoms with Gasteiger partial charge in [0.15, 0.2) is 11.4 Å². The van der Waals surface area contributed by atoms with Gasteiger partial charge in [-0.05, 0) is 19.3 Å². The second-order valence-electron chi connectivity index (χ2n) is 7.16. The zero-order valence-corrected chi connectivity index (χ0v) is 18.3. The Hall–Kier alpha value is -2.92. The Kier molecular flexibility index (Phi) is 7.29. The summed E-state index contributed by atoms with van der Waals surface area (Å²) in [6.07, 6.45) is 4.01. The lowest BCUT2D eigenvalue weighted by Gasteiger charge is -2.24. The Morgan fingerprint density at radius 2 is 2.06 bits per heavy atom. The number of nitrogens with one attached hydrogen (secondary N) is 1. The molecule has 1 fully saturated rings. The van der Waals surface area contributed by atoms with Crippen molar-refractivity contribution in [3.63, 3.8) is 0 Å². The van der Waals surface area contributed by atoms with E-state index >= 15 is 0 Å². The van der Waals surface area contributed by atoms with E-state index in [1.54, 1.807) is 0 Å². The molecule has 0 aliphatic carbocycles. The SMILES string of the molecule is CCCn1c(N)c(N(CCOC)C(=O)c2nc(N3CCCC3)ncc2Cl)c(=O)[nH]c1=O. The molecule has 1 amide bonds. The Labute approximate surface area is 183 Å². The molecule has 0 aromatic carbocycles. The number of carbonyl (C=O) groups excluding carboxylic acids is 1. The van der Waals surface area contributed by atoms with Crippen LogP contribution in [0.25, 0.3) is 0 Å². The lowest BCUT2D eigenvalue weighted by atomic mass is 10.3. The first-order valence-electron chi connectivity index (χ1n) is 10.1. The normalized spacial score (nSPS) is 13.6. The van der Waals surface area contributed by atoms with E-state index in [1.165, 1.54) is 17.9 Å². The molecule has 2 aromatic heterocycles. The smallest absolute Gasteiger partial charge is 0.330 e. The zero-order chi connectivity index (χ0) is 22.5. The molecule has 3 heterocycles. The van der Waals surface area contributed by atoms with E-state index in [1.807, 2.05) is 11.8 Å². The van der Waals surface area contributed by atoms with Crippen molar-refractivity contribution in [1.29, 1.82) is 0 Å². The summed E-state index contributed by atoms with van der Waals surface area (Å²) in [5.41, 5.74) is 4.55. The Morgan fingerprint density at radius 1 is 1.35 bits per heavy atom. The van der Waals surface area contributed by atoms with Gasteiger partial charge in [0.1, 0.15) is 5.82 Å². The molecule has 1 saturated heterocycles. The fourth-order valence-corrected chi connectivity index (χ4v) is 3.66. The van der Waals surface area contributed by atoms with Crippen LogP contribution in [0, 0.1) is 0 Å². The Bertz CT molecular complexity index is 1060. The lowest BCUT2D eigenvalue weighted by Crippen LogP contribution is -2.43. The predicted octanol–water partition coefficient (Wildman–Crippen LogP) is 0.866. The number of rotatable bonds is 8. The van der Waals surface area contributed by atoms with Crippen molar-refractivity contribution in [2.24, 2.45) is 0 Å². The number of carbonyl (C=O) groups is 1. The molecular formula is C19H26ClN7O4. The highest BCUT2D eigenvalue weighted by Gasteiger charge is 2.28. The van der Waals surface area contributed by atoms with Gasteiger partial charge in [-0.15, -0.1) is 0 Å². The standard InChI is InChI=1S/C19H26ClN7O4/c1-3-6-27-15(21)14(16(28)24-19(27)30)26(9-10-31-2)17(29)13-12(20)11-22-18(23-13)25-7-4-5-8-25/h11H,3-10,21H2,1-2H3,(H,24,28,30). The summed E-state index contributed by atoms with van der Waals surface area (Å²) >= 11 is 6.25. The number of amides is 1. The minimum absolute atomic E-state index is 0.00627. The van der Waals surface area contributed by atoms with Gasteiger partial charge in [0.2, 0.25) is 5.95 Å². The van der Waals surface area contributed by atoms with Crippen molar-refractivity contribution in [2.75, 3.05) is 48.9 Å². The minimum atomic E-state index is -0.774. The number of nitrogens with zero attached hydrogens (tertiary/aromatic N) is 5. The van der Waals surface area contributed by atoms with E-state index < -0.39 is 17.2 Å². The molecule has 3 N–H and O–H groups in total. The van der Waals surface area contributed by atoms with Crippen molar-refractivity contribution in [1.82, 2.24) is 19.5 Å². The molecule has 1 aliphatic rings. The van der Waals surface area contributed by atoms with Gasteiger partial charge in [0.25, 0.3) is 11.5 Å². The summed E-state index contributed by atoms with van der Waals surface area (Å²) in [5, 5.41) is 0.0484. The van der Waals surface area contributed by atoms with Crippen molar-refractivity contribution >= 4 is 35.0 Å². The number of methoxy groups -OCH3 is 1. The minimum Gasteiger partial charge on any atom is -0.383 e. The number of halogens is 1. The van der Waals surface area contributed by atoms with Crippen LogP contribution < -0.4 is 26.8 Å². The van der Waals surface area contributed by atoms with Crippen LogP contribution in [0.15, 0.2) is 15.8 Å². The third kappa shape index (κ3) is 4.72. The first-order valence-corrected chi connectivity index (χ1v) is 10.5. The Balaban J connectivity index is 2.09. The third-order valence-electron chi connectivity index (χ3n) is 5.02. The van der Waals surface area contributed by atoms with Gasteiger partial charge in [0.05, 0.1) is 17.8 Å². The van der Waals surface area contributed by atoms with Gasteiger partial charge >= 0.3 is 5.69 Å². The molecular weight excluding hydrogens is 426 g/mol. The quantitative estimate of drug-likeness (QED) is 0.602. The number of anilines is 3. The van der Waals surface area contributed by atoms with E-state index in [2.05, 4.69) is 15.0 Å². The average molecular weight is 452 g/mol. The molecule has 1 aliphatic heterocycles. The molecule has 0 saturated carbocycles. The molecule has 2 aromatic rings. The molecule has 168 valence electrons. The maximum Gasteiger partial charge on any atom is 0.330 e. The van der Waals surface area contributed by atoms with Crippen LogP contribution >= 0.6 is 11.6 Å². The van der Waals surface area contributed by atoms with Crippen molar-refractivity contribution in [3.8, 4) is 0 Å². The number of H-pyrrole nitrogens is 1. The molecule has 0 atom stereocenters. The maximum absolute atomic E-state index is 13.5. The largest absolute Gasteiger partial charge is 0.383 e. The van der Waals surface area contributed by atoms with Crippen molar-refractivity contribution in [2.45, 2.75) is 32.7 Å². The van der Waals surface area contributed by atoms with Crippen LogP contribution in [0.4, 0.5) is 17.5 Å². The van der Waals surface area contributed by atoms with Gasteiger partial charge in [-0.25, -0.2) is 14.8 Å². The van der Waals surface area contributed by atoms with Crippen LogP contribution in [-0.2, 0) is 11.3 Å². The van der Waals surface area contributed by atoms with E-state index in [4.69, 9.17) is 22.1 Å². The summed E-state index contributed by atoms with van der Waals surface area (Å²) in [6, 6.07) is 0. The first kappa shape index (κ1) is 22.8. The molecule has 0 bridgehead atoms. The summed E-state index contributed by atoms with van der Waals surface area (Å²) in [4.78, 5) is 52.3. The second-order valence-corrected chi connectivity index (χ2v) is 7.56. The number of nitrogens with two attached hydrogens (primary N) is 1. The highest BCUT2D eigenvalue weighted by molar-refractivity contribution is 6.34. The number of aromatic nitrogens is 4. The molecule has 12 heteroatoms. The molecule has 0 spiro atoms. The van der Waals surface area contributed by atoms with E-state index in [-0.39, 0.29) is 41.9 Å². The van der Waals surface area contributed by atoms with Gasteiger partial charge in [0, 0.05) is 33.3 Å². The monoisotopic (exact) mass is 451 g/mol. The van der Waals surface area contributed by atoms with Crippen molar-refractivity contribution in [3.05, 3.63) is 37.8 Å². The molecule has 31 heavy (non-hydrogen) atoms. The van der Waals surface area contributed by atoms with Gasteiger partial charge in [-0.3, -0.25) is 24.0 Å². The van der Waals surface area contributed by atoms with Gasteiger partial charge < -0.3 is 15.4 Å². The highest BCUT2D eigenvalue weighted by atomic mass is 35.5. The second kappa shape index (κ2) is 9.92. The molecule has 3 rings (SSSR count). The number of hydrogen-bond acceptors (Lipinski definition) is 8. The summed E-state index contributed by atoms with van der Waals surface area (Å²) in [7, 11) is 1.47. The maximum atomic E-state index is 13.5.